The zero-order valence-corrected chi connectivity index (χ0v) is 29.3. The molecule has 1 spiro atoms. The molecule has 2 saturated carbocycles. The van der Waals surface area contributed by atoms with E-state index in [1.54, 1.807) is 7.11 Å². The maximum Gasteiger partial charge on any atom is 0.302 e. The van der Waals surface area contributed by atoms with E-state index in [0.717, 1.165) is 45.1 Å². The average molecular weight is 652 g/mol. The minimum absolute atomic E-state index is 0.0924. The molecular weight excluding hydrogens is 590 g/mol. The van der Waals surface area contributed by atoms with Gasteiger partial charge in [-0.2, -0.15) is 0 Å². The van der Waals surface area contributed by atoms with Gasteiger partial charge >= 0.3 is 5.97 Å². The van der Waals surface area contributed by atoms with Gasteiger partial charge in [0, 0.05) is 58.5 Å². The highest BCUT2D eigenvalue weighted by molar-refractivity contribution is 5.84. The number of nitrogens with zero attached hydrogens (tertiary/aromatic N) is 1. The lowest BCUT2D eigenvalue weighted by Crippen LogP contribution is -2.95. The fourth-order valence-corrected chi connectivity index (χ4v) is 9.50. The number of carbonyl (C=O) groups excluding carboxylic acids is 2. The molecule has 3 fully saturated rings. The zero-order chi connectivity index (χ0) is 33.2. The Morgan fingerprint density at radius 3 is 2.72 bits per heavy atom. The van der Waals surface area contributed by atoms with Crippen LogP contribution >= 0.6 is 0 Å². The SMILES string of the molecule is CCC1CCC(OC(C)=O)CC(=O)CC(C2CCC(O)C(OC)C2)C#CCNC2CC(CC[NH2+]2)C2(CCCCC2)CC2=C([CH+]N=C2)C1. The maximum atomic E-state index is 13.6. The summed E-state index contributed by atoms with van der Waals surface area (Å²) in [6, 6.07) is 0. The average Bonchev–Trinajstić information content (AvgIpc) is 3.50. The lowest BCUT2D eigenvalue weighted by Gasteiger charge is -2.45. The number of aliphatic imine (C=N–C) groups is 1. The number of esters is 1. The van der Waals surface area contributed by atoms with Crippen molar-refractivity contribution in [3.63, 3.8) is 0 Å². The molecule has 8 atom stereocenters. The summed E-state index contributed by atoms with van der Waals surface area (Å²) in [4.78, 5) is 30.4. The topological polar surface area (TPSA) is 114 Å². The number of allylic oxidation sites excluding steroid dienone is 1. The van der Waals surface area contributed by atoms with Gasteiger partial charge in [0.15, 0.2) is 6.21 Å². The Balaban J connectivity index is 1.40. The van der Waals surface area contributed by atoms with Gasteiger partial charge in [-0.05, 0) is 68.1 Å². The number of hydrogen-bond donors (Lipinski definition) is 3. The van der Waals surface area contributed by atoms with Crippen LogP contribution in [0.3, 0.4) is 0 Å². The second-order valence-electron chi connectivity index (χ2n) is 15.4. The molecule has 8 nitrogen and oxygen atoms in total. The molecule has 2 bridgehead atoms. The number of quaternary nitrogens is 1. The Bertz CT molecular complexity index is 1180. The fraction of sp³-hybridized carbons (Fsp3) is 0.795. The predicted octanol–water partition coefficient (Wildman–Crippen LogP) is 5.05. The quantitative estimate of drug-likeness (QED) is 0.223. The number of carbonyl (C=O) groups is 2. The minimum atomic E-state index is -0.476. The monoisotopic (exact) mass is 651 g/mol. The fourth-order valence-electron chi connectivity index (χ4n) is 9.50. The summed E-state index contributed by atoms with van der Waals surface area (Å²) in [5, 5.41) is 16.7. The number of nitrogens with two attached hydrogens (primary N) is 1. The molecule has 47 heavy (non-hydrogen) atoms. The number of fused-ring (bicyclic) bond motifs is 3. The molecule has 260 valence electrons. The van der Waals surface area contributed by atoms with Crippen molar-refractivity contribution in [2.75, 3.05) is 20.2 Å². The number of nitrogens with one attached hydrogen (secondary N) is 1. The number of aliphatic hydroxyl groups excluding tert-OH is 1. The van der Waals surface area contributed by atoms with Crippen LogP contribution in [0, 0.1) is 47.5 Å². The number of ether oxygens (including phenoxy) is 2. The first-order chi connectivity index (χ1) is 22.8. The number of piperidine rings is 1. The smallest absolute Gasteiger partial charge is 0.302 e. The van der Waals surface area contributed by atoms with Crippen LogP contribution in [0.1, 0.15) is 123 Å². The van der Waals surface area contributed by atoms with Crippen LogP contribution in [0.25, 0.3) is 0 Å². The molecule has 0 aromatic heterocycles. The van der Waals surface area contributed by atoms with Crippen molar-refractivity contribution in [3.8, 4) is 11.8 Å². The highest BCUT2D eigenvalue weighted by atomic mass is 16.5. The third-order valence-electron chi connectivity index (χ3n) is 12.3. The highest BCUT2D eigenvalue weighted by Gasteiger charge is 2.46. The lowest BCUT2D eigenvalue weighted by atomic mass is 9.60. The molecule has 3 heterocycles. The van der Waals surface area contributed by atoms with Crippen molar-refractivity contribution in [1.82, 2.24) is 5.32 Å². The highest BCUT2D eigenvalue weighted by Crippen LogP contribution is 2.51. The molecular formula is C39H61N3O5+2. The first kappa shape index (κ1) is 36.1. The van der Waals surface area contributed by atoms with E-state index >= 15 is 0 Å². The molecule has 3 aliphatic heterocycles. The van der Waals surface area contributed by atoms with Gasteiger partial charge in [-0.25, -0.2) is 0 Å². The van der Waals surface area contributed by atoms with Crippen LogP contribution in [-0.4, -0.2) is 67.8 Å². The molecule has 0 aromatic carbocycles. The molecule has 8 unspecified atom stereocenters. The number of methoxy groups -OCH3 is 1. The van der Waals surface area contributed by atoms with Gasteiger partial charge in [0.05, 0.1) is 30.9 Å². The van der Waals surface area contributed by atoms with Gasteiger partial charge in [-0.15, -0.1) is 4.99 Å². The predicted molar refractivity (Wildman–Crippen MR) is 184 cm³/mol. The van der Waals surface area contributed by atoms with Crippen molar-refractivity contribution in [2.45, 2.75) is 147 Å². The first-order valence-electron chi connectivity index (χ1n) is 18.8. The van der Waals surface area contributed by atoms with E-state index in [4.69, 9.17) is 9.47 Å². The van der Waals surface area contributed by atoms with Crippen LogP contribution in [0.4, 0.5) is 0 Å². The molecule has 0 radical (unpaired) electrons. The van der Waals surface area contributed by atoms with Gasteiger partial charge in [0.2, 0.25) is 0 Å². The van der Waals surface area contributed by atoms with Crippen molar-refractivity contribution in [3.05, 3.63) is 17.7 Å². The van der Waals surface area contributed by atoms with Crippen LogP contribution < -0.4 is 10.6 Å². The van der Waals surface area contributed by atoms with Crippen LogP contribution in [0.15, 0.2) is 16.1 Å². The number of aliphatic hydroxyl groups is 1. The number of rotatable bonds is 4. The van der Waals surface area contributed by atoms with E-state index in [9.17, 15) is 14.7 Å². The number of Topliss-reactive ketones (excluding diaryl/α,β-unsaturated/α-hetero) is 1. The van der Waals surface area contributed by atoms with Crippen LogP contribution in [0.5, 0.6) is 0 Å². The molecule has 2 aliphatic carbocycles. The van der Waals surface area contributed by atoms with Crippen LogP contribution in [-0.2, 0) is 19.1 Å². The summed E-state index contributed by atoms with van der Waals surface area (Å²) in [5.74, 6) is 7.89. The van der Waals surface area contributed by atoms with Crippen molar-refractivity contribution in [2.24, 2.45) is 34.1 Å². The normalized spacial score (nSPS) is 35.7. The van der Waals surface area contributed by atoms with E-state index in [-0.39, 0.29) is 36.1 Å². The van der Waals surface area contributed by atoms with Gasteiger partial charge in [-0.3, -0.25) is 14.9 Å². The Hall–Kier alpha value is -2.18. The van der Waals surface area contributed by atoms with Crippen molar-refractivity contribution >= 4 is 18.0 Å². The van der Waals surface area contributed by atoms with E-state index < -0.39 is 12.2 Å². The number of hydrogen-bond acceptors (Lipinski definition) is 7. The van der Waals surface area contributed by atoms with Crippen molar-refractivity contribution < 1.29 is 29.5 Å². The lowest BCUT2D eigenvalue weighted by molar-refractivity contribution is -0.706. The molecule has 8 heteroatoms. The summed E-state index contributed by atoms with van der Waals surface area (Å²) in [6.07, 6.45) is 17.9. The van der Waals surface area contributed by atoms with Gasteiger partial charge in [0.25, 0.3) is 0 Å². The molecule has 4 N–H and O–H groups in total. The summed E-state index contributed by atoms with van der Waals surface area (Å²) in [5.41, 5.74) is 3.16. The molecule has 5 aliphatic rings. The first-order valence-corrected chi connectivity index (χ1v) is 18.8. The van der Waals surface area contributed by atoms with E-state index in [1.807, 2.05) is 0 Å². The molecule has 0 aromatic rings. The van der Waals surface area contributed by atoms with Gasteiger partial charge in [0.1, 0.15) is 30.2 Å². The van der Waals surface area contributed by atoms with Gasteiger partial charge < -0.3 is 19.9 Å². The van der Waals surface area contributed by atoms with Gasteiger partial charge in [-0.1, -0.05) is 44.4 Å². The summed E-state index contributed by atoms with van der Waals surface area (Å²) < 4.78 is 11.4. The molecule has 5 rings (SSSR count). The second kappa shape index (κ2) is 17.5. The minimum Gasteiger partial charge on any atom is -0.462 e. The Labute approximate surface area is 283 Å². The van der Waals surface area contributed by atoms with E-state index in [2.05, 4.69) is 47.1 Å². The summed E-state index contributed by atoms with van der Waals surface area (Å²) in [6.45, 7) is 7.53. The number of ketones is 1. The Morgan fingerprint density at radius 2 is 1.96 bits per heavy atom. The zero-order valence-electron chi connectivity index (χ0n) is 29.3. The largest absolute Gasteiger partial charge is 0.462 e. The third kappa shape index (κ3) is 9.94. The van der Waals surface area contributed by atoms with Crippen molar-refractivity contribution in [1.29, 1.82) is 0 Å². The van der Waals surface area contributed by atoms with Crippen LogP contribution in [0.2, 0.25) is 0 Å². The molecule has 1 saturated heterocycles. The Kier molecular flexibility index (Phi) is 13.4. The Morgan fingerprint density at radius 1 is 1.13 bits per heavy atom. The molecule has 0 amide bonds. The summed E-state index contributed by atoms with van der Waals surface area (Å²) in [7, 11) is 1.65. The van der Waals surface area contributed by atoms with E-state index in [0.29, 0.717) is 55.6 Å². The standard InChI is InChI=1S/C39H60N3O5/c1-4-28-10-12-35(47-27(2)43)23-34(44)20-29(30-11-13-36(45)37(21-30)46-3)9-8-17-41-38-22-33(14-18-42-38)39(15-6-5-7-16-39)24-32-26-40-25-31(32)19-28/h25-26,28-30,33,35-38,41-42,45H,4-7,10-24H2,1-3H3/q+1/p+1. The summed E-state index contributed by atoms with van der Waals surface area (Å²) >= 11 is 0. The second-order valence-corrected chi connectivity index (χ2v) is 15.4. The maximum absolute atomic E-state index is 13.6. The third-order valence-corrected chi connectivity index (χ3v) is 12.3. The van der Waals surface area contributed by atoms with E-state index in [1.165, 1.54) is 56.6 Å².